The number of hydrogen-bond acceptors (Lipinski definition) is 2. The van der Waals surface area contributed by atoms with E-state index < -0.39 is 0 Å². The molecule has 0 spiro atoms. The molecule has 0 bridgehead atoms. The largest absolute Gasteiger partial charge is 0.372 e. The molecule has 1 heterocycles. The van der Waals surface area contributed by atoms with Crippen LogP contribution in [0.1, 0.15) is 26.0 Å². The third-order valence-electron chi connectivity index (χ3n) is 1.65. The fraction of sp³-hybridized carbons (Fsp3) is 0.625. The average molecular weight is 154 g/mol. The predicted molar refractivity (Wildman–Crippen MR) is 43.1 cm³/mol. The van der Waals surface area contributed by atoms with Gasteiger partial charge in [0.15, 0.2) is 0 Å². The molecule has 3 heteroatoms. The monoisotopic (exact) mass is 154 g/mol. The first-order valence-electron chi connectivity index (χ1n) is 3.92. The highest BCUT2D eigenvalue weighted by atomic mass is 16.5. The van der Waals surface area contributed by atoms with Gasteiger partial charge in [-0.2, -0.15) is 0 Å². The molecule has 1 rings (SSSR count). The molecule has 0 aliphatic heterocycles. The van der Waals surface area contributed by atoms with Crippen molar-refractivity contribution >= 4 is 0 Å². The summed E-state index contributed by atoms with van der Waals surface area (Å²) in [4.78, 5) is 6.92. The maximum absolute atomic E-state index is 5.45. The summed E-state index contributed by atoms with van der Waals surface area (Å²) in [5, 5.41) is 0. The second-order valence-corrected chi connectivity index (χ2v) is 2.59. The minimum absolute atomic E-state index is 0.326. The zero-order valence-electron chi connectivity index (χ0n) is 7.00. The Kier molecular flexibility index (Phi) is 3.11. The van der Waals surface area contributed by atoms with Gasteiger partial charge in [0.2, 0.25) is 0 Å². The summed E-state index contributed by atoms with van der Waals surface area (Å²) < 4.78 is 5.45. The molecule has 3 nitrogen and oxygen atoms in total. The first-order chi connectivity index (χ1) is 5.33. The number of H-pyrrole nitrogens is 1. The molecule has 1 aromatic rings. The van der Waals surface area contributed by atoms with Gasteiger partial charge < -0.3 is 9.72 Å². The van der Waals surface area contributed by atoms with Crippen LogP contribution in [-0.2, 0) is 11.3 Å². The van der Waals surface area contributed by atoms with Crippen molar-refractivity contribution in [3.63, 3.8) is 0 Å². The Hall–Kier alpha value is -0.830. The maximum Gasteiger partial charge on any atom is 0.0924 e. The van der Waals surface area contributed by atoms with E-state index in [1.807, 2.05) is 6.20 Å². The Morgan fingerprint density at radius 3 is 3.09 bits per heavy atom. The molecule has 1 N–H and O–H groups in total. The van der Waals surface area contributed by atoms with Crippen molar-refractivity contribution in [2.24, 2.45) is 0 Å². The fourth-order valence-electron chi connectivity index (χ4n) is 0.715. The van der Waals surface area contributed by atoms with Gasteiger partial charge in [-0.05, 0) is 13.3 Å². The van der Waals surface area contributed by atoms with E-state index in [1.165, 1.54) is 0 Å². The molecule has 0 saturated heterocycles. The molecule has 0 aliphatic carbocycles. The Morgan fingerprint density at radius 1 is 1.73 bits per heavy atom. The van der Waals surface area contributed by atoms with E-state index in [9.17, 15) is 0 Å². The SMILES string of the molecule is CCC(C)OCc1c[nH]cn1. The molecule has 1 atom stereocenters. The lowest BCUT2D eigenvalue weighted by molar-refractivity contribution is 0.0491. The minimum atomic E-state index is 0.326. The van der Waals surface area contributed by atoms with E-state index in [1.54, 1.807) is 6.33 Å². The van der Waals surface area contributed by atoms with E-state index in [2.05, 4.69) is 23.8 Å². The van der Waals surface area contributed by atoms with E-state index in [-0.39, 0.29) is 0 Å². The van der Waals surface area contributed by atoms with Gasteiger partial charge >= 0.3 is 0 Å². The number of nitrogens with one attached hydrogen (secondary N) is 1. The topological polar surface area (TPSA) is 37.9 Å². The van der Waals surface area contributed by atoms with Crippen molar-refractivity contribution in [3.8, 4) is 0 Å². The zero-order valence-corrected chi connectivity index (χ0v) is 7.00. The highest BCUT2D eigenvalue weighted by Crippen LogP contribution is 2.01. The number of hydrogen-bond donors (Lipinski definition) is 1. The summed E-state index contributed by atoms with van der Waals surface area (Å²) >= 11 is 0. The summed E-state index contributed by atoms with van der Waals surface area (Å²) in [5.74, 6) is 0. The number of imidazole rings is 1. The van der Waals surface area contributed by atoms with Crippen molar-refractivity contribution < 1.29 is 4.74 Å². The van der Waals surface area contributed by atoms with Gasteiger partial charge in [0.25, 0.3) is 0 Å². The first kappa shape index (κ1) is 8.27. The molecule has 0 radical (unpaired) electrons. The molecule has 1 aromatic heterocycles. The Labute approximate surface area is 66.8 Å². The second-order valence-electron chi connectivity index (χ2n) is 2.59. The van der Waals surface area contributed by atoms with Crippen molar-refractivity contribution in [2.45, 2.75) is 33.0 Å². The Balaban J connectivity index is 2.23. The molecule has 0 amide bonds. The molecule has 0 aromatic carbocycles. The molecule has 11 heavy (non-hydrogen) atoms. The van der Waals surface area contributed by atoms with Crippen LogP contribution in [0, 0.1) is 0 Å². The van der Waals surface area contributed by atoms with Crippen LogP contribution in [0.5, 0.6) is 0 Å². The molecule has 62 valence electrons. The quantitative estimate of drug-likeness (QED) is 0.717. The predicted octanol–water partition coefficient (Wildman–Crippen LogP) is 1.72. The molecule has 1 unspecified atom stereocenters. The summed E-state index contributed by atoms with van der Waals surface area (Å²) in [5.41, 5.74) is 0.963. The van der Waals surface area contributed by atoms with Crippen molar-refractivity contribution in [3.05, 3.63) is 18.2 Å². The first-order valence-corrected chi connectivity index (χ1v) is 3.92. The van der Waals surface area contributed by atoms with Gasteiger partial charge in [0, 0.05) is 6.20 Å². The second kappa shape index (κ2) is 4.13. The number of aromatic nitrogens is 2. The van der Waals surface area contributed by atoms with Gasteiger partial charge in [-0.25, -0.2) is 4.98 Å². The lowest BCUT2D eigenvalue weighted by Crippen LogP contribution is -2.05. The van der Waals surface area contributed by atoms with Crippen LogP contribution in [0.15, 0.2) is 12.5 Å². The Bertz CT molecular complexity index is 184. The smallest absolute Gasteiger partial charge is 0.0924 e. The number of nitrogens with zero attached hydrogens (tertiary/aromatic N) is 1. The van der Waals surface area contributed by atoms with Crippen LogP contribution < -0.4 is 0 Å². The normalized spacial score (nSPS) is 13.3. The number of rotatable bonds is 4. The van der Waals surface area contributed by atoms with Crippen molar-refractivity contribution in [1.29, 1.82) is 0 Å². The maximum atomic E-state index is 5.45. The highest BCUT2D eigenvalue weighted by Gasteiger charge is 1.99. The van der Waals surface area contributed by atoms with Gasteiger partial charge in [-0.3, -0.25) is 0 Å². The van der Waals surface area contributed by atoms with Gasteiger partial charge in [-0.15, -0.1) is 0 Å². The molecule has 0 fully saturated rings. The van der Waals surface area contributed by atoms with Gasteiger partial charge in [0.05, 0.1) is 24.7 Å². The van der Waals surface area contributed by atoms with E-state index in [4.69, 9.17) is 4.74 Å². The summed E-state index contributed by atoms with van der Waals surface area (Å²) in [6, 6.07) is 0. The van der Waals surface area contributed by atoms with Crippen molar-refractivity contribution in [1.82, 2.24) is 9.97 Å². The van der Waals surface area contributed by atoms with Crippen LogP contribution in [0.2, 0.25) is 0 Å². The van der Waals surface area contributed by atoms with Crippen LogP contribution in [0.3, 0.4) is 0 Å². The zero-order chi connectivity index (χ0) is 8.10. The molecule has 0 aliphatic rings. The van der Waals surface area contributed by atoms with Gasteiger partial charge in [-0.1, -0.05) is 6.92 Å². The third-order valence-corrected chi connectivity index (χ3v) is 1.65. The lowest BCUT2D eigenvalue weighted by atomic mass is 10.3. The van der Waals surface area contributed by atoms with E-state index in [0.717, 1.165) is 12.1 Å². The van der Waals surface area contributed by atoms with Crippen LogP contribution >= 0.6 is 0 Å². The van der Waals surface area contributed by atoms with Gasteiger partial charge in [0.1, 0.15) is 0 Å². The number of ether oxygens (including phenoxy) is 1. The van der Waals surface area contributed by atoms with E-state index >= 15 is 0 Å². The minimum Gasteiger partial charge on any atom is -0.372 e. The van der Waals surface area contributed by atoms with E-state index in [0.29, 0.717) is 12.7 Å². The summed E-state index contributed by atoms with van der Waals surface area (Å²) in [7, 11) is 0. The molecular formula is C8H14N2O. The highest BCUT2D eigenvalue weighted by molar-refractivity contribution is 4.91. The van der Waals surface area contributed by atoms with Crippen LogP contribution in [0.25, 0.3) is 0 Å². The summed E-state index contributed by atoms with van der Waals surface area (Å²) in [6.45, 7) is 4.78. The number of aromatic amines is 1. The van der Waals surface area contributed by atoms with Crippen molar-refractivity contribution in [2.75, 3.05) is 0 Å². The molecular weight excluding hydrogens is 140 g/mol. The summed E-state index contributed by atoms with van der Waals surface area (Å²) in [6.07, 6.45) is 4.88. The Morgan fingerprint density at radius 2 is 2.55 bits per heavy atom. The molecule has 0 saturated carbocycles. The fourth-order valence-corrected chi connectivity index (χ4v) is 0.715. The lowest BCUT2D eigenvalue weighted by Gasteiger charge is -2.07. The van der Waals surface area contributed by atoms with Crippen LogP contribution in [0.4, 0.5) is 0 Å². The standard InChI is InChI=1S/C8H14N2O/c1-3-7(2)11-5-8-4-9-6-10-8/h4,6-7H,3,5H2,1-2H3,(H,9,10). The van der Waals surface area contributed by atoms with Crippen LogP contribution in [-0.4, -0.2) is 16.1 Å². The third kappa shape index (κ3) is 2.72. The average Bonchev–Trinajstić information content (AvgIpc) is 2.52.